The lowest BCUT2D eigenvalue weighted by molar-refractivity contribution is -0.383. The van der Waals surface area contributed by atoms with E-state index in [1.807, 2.05) is 18.7 Å². The Hall–Kier alpha value is -1.69. The summed E-state index contributed by atoms with van der Waals surface area (Å²) >= 11 is 1.16. The standard InChI is InChI=1S/C12H16N2O3S/c1-5-6-13(8(2)3)12-10(14(16)17)7-11(18-12)9(4)15/h5,7-8H,1,6H2,2-4H3. The molecule has 0 bridgehead atoms. The molecule has 0 saturated heterocycles. The Balaban J connectivity index is 3.30. The number of anilines is 1. The summed E-state index contributed by atoms with van der Waals surface area (Å²) in [6.07, 6.45) is 1.69. The zero-order valence-electron chi connectivity index (χ0n) is 10.7. The number of hydrogen-bond donors (Lipinski definition) is 0. The Morgan fingerprint density at radius 3 is 2.67 bits per heavy atom. The molecule has 0 radical (unpaired) electrons. The van der Waals surface area contributed by atoms with Gasteiger partial charge in [-0.25, -0.2) is 0 Å². The summed E-state index contributed by atoms with van der Waals surface area (Å²) in [5, 5.41) is 11.6. The highest BCUT2D eigenvalue weighted by atomic mass is 32.1. The summed E-state index contributed by atoms with van der Waals surface area (Å²) in [4.78, 5) is 24.2. The molecule has 1 heterocycles. The van der Waals surface area contributed by atoms with E-state index in [-0.39, 0.29) is 17.5 Å². The Bertz CT molecular complexity index is 480. The Labute approximate surface area is 110 Å². The van der Waals surface area contributed by atoms with E-state index < -0.39 is 4.92 Å². The second-order valence-electron chi connectivity index (χ2n) is 4.15. The van der Waals surface area contributed by atoms with Crippen LogP contribution in [0.1, 0.15) is 30.4 Å². The number of Topliss-reactive ketones (excluding diaryl/α,β-unsaturated/α-hetero) is 1. The fraction of sp³-hybridized carbons (Fsp3) is 0.417. The van der Waals surface area contributed by atoms with E-state index in [0.29, 0.717) is 16.4 Å². The maximum absolute atomic E-state index is 11.3. The summed E-state index contributed by atoms with van der Waals surface area (Å²) in [5.41, 5.74) is -0.0132. The molecular formula is C12H16N2O3S. The maximum Gasteiger partial charge on any atom is 0.304 e. The van der Waals surface area contributed by atoms with Crippen molar-refractivity contribution in [2.24, 2.45) is 0 Å². The molecule has 1 rings (SSSR count). The zero-order valence-corrected chi connectivity index (χ0v) is 11.5. The van der Waals surface area contributed by atoms with Gasteiger partial charge in [-0.1, -0.05) is 6.08 Å². The quantitative estimate of drug-likeness (QED) is 0.344. The van der Waals surface area contributed by atoms with E-state index in [2.05, 4.69) is 6.58 Å². The molecule has 0 fully saturated rings. The highest BCUT2D eigenvalue weighted by molar-refractivity contribution is 7.18. The molecule has 0 N–H and O–H groups in total. The predicted molar refractivity (Wildman–Crippen MR) is 73.7 cm³/mol. The molecule has 0 aliphatic rings. The number of carbonyl (C=O) groups excluding carboxylic acids is 1. The summed E-state index contributed by atoms with van der Waals surface area (Å²) in [6, 6.07) is 1.45. The summed E-state index contributed by atoms with van der Waals surface area (Å²) in [5.74, 6) is -0.156. The second kappa shape index (κ2) is 5.77. The number of nitrogens with zero attached hydrogens (tertiary/aromatic N) is 2. The van der Waals surface area contributed by atoms with Crippen LogP contribution in [-0.2, 0) is 0 Å². The number of rotatable bonds is 6. The molecule has 0 unspecified atom stereocenters. The lowest BCUT2D eigenvalue weighted by Crippen LogP contribution is -2.30. The molecule has 0 amide bonds. The van der Waals surface area contributed by atoms with Gasteiger partial charge in [0.25, 0.3) is 0 Å². The average molecular weight is 268 g/mol. The van der Waals surface area contributed by atoms with E-state index in [1.54, 1.807) is 6.08 Å². The SMILES string of the molecule is C=CCN(c1sc(C(C)=O)cc1[N+](=O)[O-])C(C)C. The molecule has 1 aromatic rings. The van der Waals surface area contributed by atoms with Crippen molar-refractivity contribution in [2.45, 2.75) is 26.8 Å². The molecule has 0 spiro atoms. The van der Waals surface area contributed by atoms with Gasteiger partial charge in [0.15, 0.2) is 10.8 Å². The summed E-state index contributed by atoms with van der Waals surface area (Å²) in [7, 11) is 0. The lowest BCUT2D eigenvalue weighted by Gasteiger charge is -2.25. The molecule has 98 valence electrons. The number of ketones is 1. The van der Waals surface area contributed by atoms with E-state index in [4.69, 9.17) is 0 Å². The van der Waals surface area contributed by atoms with E-state index in [1.165, 1.54) is 13.0 Å². The smallest absolute Gasteiger partial charge is 0.304 e. The molecule has 18 heavy (non-hydrogen) atoms. The number of thiophene rings is 1. The van der Waals surface area contributed by atoms with Crippen LogP contribution in [0.4, 0.5) is 10.7 Å². The molecule has 0 aliphatic carbocycles. The van der Waals surface area contributed by atoms with Gasteiger partial charge in [-0.05, 0) is 20.8 Å². The first-order valence-corrected chi connectivity index (χ1v) is 6.36. The van der Waals surface area contributed by atoms with E-state index in [0.717, 1.165) is 11.3 Å². The van der Waals surface area contributed by atoms with Gasteiger partial charge in [-0.15, -0.1) is 17.9 Å². The van der Waals surface area contributed by atoms with Gasteiger partial charge < -0.3 is 4.90 Å². The first kappa shape index (κ1) is 14.4. The number of hydrogen-bond acceptors (Lipinski definition) is 5. The third-order valence-electron chi connectivity index (χ3n) is 2.45. The zero-order chi connectivity index (χ0) is 13.9. The first-order valence-electron chi connectivity index (χ1n) is 5.55. The van der Waals surface area contributed by atoms with Gasteiger partial charge in [-0.2, -0.15) is 0 Å². The number of carbonyl (C=O) groups is 1. The normalized spacial score (nSPS) is 10.4. The van der Waals surface area contributed by atoms with Gasteiger partial charge in [-0.3, -0.25) is 14.9 Å². The van der Waals surface area contributed by atoms with Crippen LogP contribution in [0.15, 0.2) is 18.7 Å². The van der Waals surface area contributed by atoms with Crippen LogP contribution < -0.4 is 4.90 Å². The van der Waals surface area contributed by atoms with Crippen molar-refractivity contribution in [1.29, 1.82) is 0 Å². The fourth-order valence-corrected chi connectivity index (χ4v) is 2.71. The van der Waals surface area contributed by atoms with Crippen LogP contribution in [0.2, 0.25) is 0 Å². The van der Waals surface area contributed by atoms with Crippen molar-refractivity contribution in [3.05, 3.63) is 33.7 Å². The Morgan fingerprint density at radius 1 is 1.67 bits per heavy atom. The molecular weight excluding hydrogens is 252 g/mol. The van der Waals surface area contributed by atoms with Gasteiger partial charge >= 0.3 is 5.69 Å². The van der Waals surface area contributed by atoms with Crippen LogP contribution in [0, 0.1) is 10.1 Å². The van der Waals surface area contributed by atoms with Crippen molar-refractivity contribution in [1.82, 2.24) is 0 Å². The van der Waals surface area contributed by atoms with Crippen molar-refractivity contribution in [3.63, 3.8) is 0 Å². The van der Waals surface area contributed by atoms with E-state index >= 15 is 0 Å². The van der Waals surface area contributed by atoms with Crippen molar-refractivity contribution >= 4 is 27.8 Å². The Morgan fingerprint density at radius 2 is 2.28 bits per heavy atom. The van der Waals surface area contributed by atoms with Crippen LogP contribution >= 0.6 is 11.3 Å². The minimum absolute atomic E-state index is 0.0132. The van der Waals surface area contributed by atoms with Gasteiger partial charge in [0.1, 0.15) is 0 Å². The largest absolute Gasteiger partial charge is 0.352 e. The molecule has 5 nitrogen and oxygen atoms in total. The van der Waals surface area contributed by atoms with Gasteiger partial charge in [0.2, 0.25) is 0 Å². The topological polar surface area (TPSA) is 63.5 Å². The first-order chi connectivity index (χ1) is 8.38. The maximum atomic E-state index is 11.3. The van der Waals surface area contributed by atoms with Gasteiger partial charge in [0, 0.05) is 18.7 Å². The highest BCUT2D eigenvalue weighted by Crippen LogP contribution is 2.38. The molecule has 0 aromatic carbocycles. The molecule has 0 saturated carbocycles. The summed E-state index contributed by atoms with van der Waals surface area (Å²) in [6.45, 7) is 9.46. The Kier molecular flexibility index (Phi) is 4.61. The molecule has 0 atom stereocenters. The summed E-state index contributed by atoms with van der Waals surface area (Å²) < 4.78 is 0. The van der Waals surface area contributed by atoms with Crippen LogP contribution in [0.5, 0.6) is 0 Å². The van der Waals surface area contributed by atoms with Crippen molar-refractivity contribution < 1.29 is 9.72 Å². The highest BCUT2D eigenvalue weighted by Gasteiger charge is 2.26. The van der Waals surface area contributed by atoms with Gasteiger partial charge in [0.05, 0.1) is 9.80 Å². The van der Waals surface area contributed by atoms with Crippen LogP contribution in [0.3, 0.4) is 0 Å². The average Bonchev–Trinajstić information content (AvgIpc) is 2.69. The van der Waals surface area contributed by atoms with Crippen LogP contribution in [0.25, 0.3) is 0 Å². The minimum Gasteiger partial charge on any atom is -0.352 e. The van der Waals surface area contributed by atoms with E-state index in [9.17, 15) is 14.9 Å². The monoisotopic (exact) mass is 268 g/mol. The predicted octanol–water partition coefficient (Wildman–Crippen LogP) is 3.26. The van der Waals surface area contributed by atoms with Crippen molar-refractivity contribution in [2.75, 3.05) is 11.4 Å². The fourth-order valence-electron chi connectivity index (χ4n) is 1.55. The minimum atomic E-state index is -0.448. The molecule has 0 aliphatic heterocycles. The molecule has 1 aromatic heterocycles. The molecule has 6 heteroatoms. The second-order valence-corrected chi connectivity index (χ2v) is 5.18. The third-order valence-corrected chi connectivity index (χ3v) is 3.71. The third kappa shape index (κ3) is 2.95. The number of nitro groups is 1. The lowest BCUT2D eigenvalue weighted by atomic mass is 10.3. The van der Waals surface area contributed by atoms with Crippen LogP contribution in [-0.4, -0.2) is 23.3 Å². The van der Waals surface area contributed by atoms with Crippen molar-refractivity contribution in [3.8, 4) is 0 Å².